The first-order valence-corrected chi connectivity index (χ1v) is 7.68. The first-order valence-electron chi connectivity index (χ1n) is 5.17. The van der Waals surface area contributed by atoms with E-state index in [4.69, 9.17) is 0 Å². The second-order valence-electron chi connectivity index (χ2n) is 3.43. The van der Waals surface area contributed by atoms with Gasteiger partial charge in [-0.25, -0.2) is 9.97 Å². The van der Waals surface area contributed by atoms with Crippen LogP contribution in [0, 0.1) is 6.92 Å². The van der Waals surface area contributed by atoms with E-state index in [1.165, 1.54) is 11.8 Å². The Kier molecular flexibility index (Phi) is 3.14. The molecule has 3 aromatic heterocycles. The lowest BCUT2D eigenvalue weighted by molar-refractivity contribution is 0.981. The highest BCUT2D eigenvalue weighted by Crippen LogP contribution is 2.35. The van der Waals surface area contributed by atoms with E-state index in [-0.39, 0.29) is 0 Å². The lowest BCUT2D eigenvalue weighted by atomic mass is 10.4. The molecule has 3 aromatic rings. The van der Waals surface area contributed by atoms with Gasteiger partial charge >= 0.3 is 0 Å². The van der Waals surface area contributed by atoms with Crippen molar-refractivity contribution in [2.75, 3.05) is 12.4 Å². The number of aromatic nitrogens is 4. The summed E-state index contributed by atoms with van der Waals surface area (Å²) in [6.45, 7) is 1.95. The van der Waals surface area contributed by atoms with Crippen LogP contribution in [0.5, 0.6) is 0 Å². The van der Waals surface area contributed by atoms with E-state index in [1.54, 1.807) is 22.7 Å². The number of thiophene rings is 1. The molecule has 0 aromatic carbocycles. The molecule has 0 saturated carbocycles. The van der Waals surface area contributed by atoms with Gasteiger partial charge in [0.25, 0.3) is 0 Å². The summed E-state index contributed by atoms with van der Waals surface area (Å²) in [4.78, 5) is 9.88. The van der Waals surface area contributed by atoms with Crippen LogP contribution in [0.15, 0.2) is 20.8 Å². The highest BCUT2D eigenvalue weighted by Gasteiger charge is 2.12. The molecule has 0 aliphatic heterocycles. The third-order valence-electron chi connectivity index (χ3n) is 2.21. The number of anilines is 1. The van der Waals surface area contributed by atoms with Crippen molar-refractivity contribution in [2.45, 2.75) is 16.3 Å². The fraction of sp³-hybridized carbons (Fsp3) is 0.200. The number of rotatable bonds is 3. The quantitative estimate of drug-likeness (QED) is 0.749. The summed E-state index contributed by atoms with van der Waals surface area (Å²) in [6.07, 6.45) is 0. The van der Waals surface area contributed by atoms with E-state index in [0.29, 0.717) is 5.95 Å². The minimum absolute atomic E-state index is 0.633. The van der Waals surface area contributed by atoms with Crippen LogP contribution in [0.3, 0.4) is 0 Å². The molecule has 0 unspecified atom stereocenters. The van der Waals surface area contributed by atoms with E-state index in [2.05, 4.69) is 25.5 Å². The van der Waals surface area contributed by atoms with E-state index >= 15 is 0 Å². The molecule has 1 N–H and O–H groups in total. The minimum atomic E-state index is 0.633. The Morgan fingerprint density at radius 3 is 2.89 bits per heavy atom. The third-order valence-corrected chi connectivity index (χ3v) is 4.91. The van der Waals surface area contributed by atoms with Gasteiger partial charge in [0.05, 0.1) is 0 Å². The van der Waals surface area contributed by atoms with Gasteiger partial charge in [0, 0.05) is 12.4 Å². The van der Waals surface area contributed by atoms with Crippen LogP contribution in [0.2, 0.25) is 0 Å². The summed E-state index contributed by atoms with van der Waals surface area (Å²) in [5.41, 5.74) is 0. The molecule has 0 saturated heterocycles. The summed E-state index contributed by atoms with van der Waals surface area (Å²) in [5, 5.41) is 16.1. The SMILES string of the molecule is CNc1nc(Sc2nnc(C)s2)c2ccsc2n1. The Morgan fingerprint density at radius 2 is 2.17 bits per heavy atom. The maximum atomic E-state index is 4.48. The van der Waals surface area contributed by atoms with Crippen LogP contribution in [-0.4, -0.2) is 27.2 Å². The van der Waals surface area contributed by atoms with Crippen molar-refractivity contribution >= 4 is 50.6 Å². The molecule has 0 atom stereocenters. The predicted molar refractivity (Wildman–Crippen MR) is 75.7 cm³/mol. The number of hydrogen-bond acceptors (Lipinski definition) is 8. The lowest BCUT2D eigenvalue weighted by Gasteiger charge is -2.02. The molecule has 0 fully saturated rings. The topological polar surface area (TPSA) is 63.6 Å². The van der Waals surface area contributed by atoms with Crippen LogP contribution >= 0.6 is 34.4 Å². The van der Waals surface area contributed by atoms with Gasteiger partial charge in [-0.05, 0) is 30.1 Å². The molecule has 0 bridgehead atoms. The molecular formula is C10H9N5S3. The summed E-state index contributed by atoms with van der Waals surface area (Å²) >= 11 is 4.71. The number of nitrogens with one attached hydrogen (secondary N) is 1. The highest BCUT2D eigenvalue weighted by molar-refractivity contribution is 8.01. The van der Waals surface area contributed by atoms with Crippen molar-refractivity contribution in [3.63, 3.8) is 0 Å². The second kappa shape index (κ2) is 4.79. The van der Waals surface area contributed by atoms with Crippen molar-refractivity contribution < 1.29 is 0 Å². The van der Waals surface area contributed by atoms with E-state index in [1.807, 2.05) is 25.4 Å². The molecule has 5 nitrogen and oxygen atoms in total. The molecule has 0 aliphatic rings. The monoisotopic (exact) mass is 295 g/mol. The zero-order valence-electron chi connectivity index (χ0n) is 9.67. The molecule has 3 heterocycles. The Morgan fingerprint density at radius 1 is 1.28 bits per heavy atom. The molecule has 18 heavy (non-hydrogen) atoms. The van der Waals surface area contributed by atoms with Crippen LogP contribution in [-0.2, 0) is 0 Å². The minimum Gasteiger partial charge on any atom is -0.357 e. The summed E-state index contributed by atoms with van der Waals surface area (Å²) < 4.78 is 0.903. The zero-order valence-corrected chi connectivity index (χ0v) is 12.1. The average Bonchev–Trinajstić information content (AvgIpc) is 2.98. The number of nitrogens with zero attached hydrogens (tertiary/aromatic N) is 4. The van der Waals surface area contributed by atoms with E-state index in [9.17, 15) is 0 Å². The second-order valence-corrected chi connectivity index (χ2v) is 6.74. The zero-order chi connectivity index (χ0) is 12.5. The summed E-state index contributed by atoms with van der Waals surface area (Å²) in [6, 6.07) is 2.04. The van der Waals surface area contributed by atoms with Crippen molar-refractivity contribution in [1.82, 2.24) is 20.2 Å². The molecule has 0 aliphatic carbocycles. The molecule has 8 heteroatoms. The van der Waals surface area contributed by atoms with Gasteiger partial charge in [0.1, 0.15) is 14.9 Å². The predicted octanol–water partition coefficient (Wildman–Crippen LogP) is 3.04. The van der Waals surface area contributed by atoms with Crippen molar-refractivity contribution in [3.8, 4) is 0 Å². The Labute approximate surface area is 116 Å². The number of aryl methyl sites for hydroxylation is 1. The van der Waals surface area contributed by atoms with Gasteiger partial charge in [-0.2, -0.15) is 0 Å². The van der Waals surface area contributed by atoms with Crippen LogP contribution < -0.4 is 5.32 Å². The van der Waals surface area contributed by atoms with E-state index in [0.717, 1.165) is 24.6 Å². The average molecular weight is 295 g/mol. The van der Waals surface area contributed by atoms with Crippen LogP contribution in [0.25, 0.3) is 10.2 Å². The first kappa shape index (κ1) is 11.8. The van der Waals surface area contributed by atoms with Gasteiger partial charge in [-0.1, -0.05) is 11.3 Å². The Bertz CT molecular complexity index is 690. The molecule has 0 radical (unpaired) electrons. The third kappa shape index (κ3) is 2.18. The van der Waals surface area contributed by atoms with Crippen molar-refractivity contribution in [1.29, 1.82) is 0 Å². The molecule has 0 spiro atoms. The molecule has 92 valence electrons. The summed E-state index contributed by atoms with van der Waals surface area (Å²) in [5.74, 6) is 0.633. The fourth-order valence-electron chi connectivity index (χ4n) is 1.42. The van der Waals surface area contributed by atoms with E-state index < -0.39 is 0 Å². The number of fused-ring (bicyclic) bond motifs is 1. The molecular weight excluding hydrogens is 286 g/mol. The van der Waals surface area contributed by atoms with Crippen molar-refractivity contribution in [2.24, 2.45) is 0 Å². The smallest absolute Gasteiger partial charge is 0.224 e. The normalized spacial score (nSPS) is 11.0. The standard InChI is InChI=1S/C10H9N5S3/c1-5-14-15-10(17-5)18-8-6-3-4-16-7(6)12-9(11-2)13-8/h3-4H,1-2H3,(H,11,12,13). The van der Waals surface area contributed by atoms with Crippen LogP contribution in [0.1, 0.15) is 5.01 Å². The first-order chi connectivity index (χ1) is 8.76. The lowest BCUT2D eigenvalue weighted by Crippen LogP contribution is -1.96. The van der Waals surface area contributed by atoms with Gasteiger partial charge in [0.2, 0.25) is 5.95 Å². The largest absolute Gasteiger partial charge is 0.357 e. The maximum absolute atomic E-state index is 4.48. The van der Waals surface area contributed by atoms with Crippen molar-refractivity contribution in [3.05, 3.63) is 16.5 Å². The Balaban J connectivity index is 2.06. The van der Waals surface area contributed by atoms with Gasteiger partial charge in [0.15, 0.2) is 4.34 Å². The van der Waals surface area contributed by atoms with Gasteiger partial charge in [-0.15, -0.1) is 21.5 Å². The summed E-state index contributed by atoms with van der Waals surface area (Å²) in [7, 11) is 1.82. The van der Waals surface area contributed by atoms with Gasteiger partial charge < -0.3 is 5.32 Å². The van der Waals surface area contributed by atoms with Crippen LogP contribution in [0.4, 0.5) is 5.95 Å². The molecule has 0 amide bonds. The maximum Gasteiger partial charge on any atom is 0.224 e. The van der Waals surface area contributed by atoms with Gasteiger partial charge in [-0.3, -0.25) is 0 Å². The fourth-order valence-corrected chi connectivity index (χ4v) is 4.08. The molecule has 3 rings (SSSR count). The number of hydrogen-bond donors (Lipinski definition) is 1. The highest BCUT2D eigenvalue weighted by atomic mass is 32.2. The Hall–Kier alpha value is -1.25.